The zero-order valence-corrected chi connectivity index (χ0v) is 11.3. The van der Waals surface area contributed by atoms with Gasteiger partial charge in [0.15, 0.2) is 0 Å². The molecule has 0 amide bonds. The molecule has 0 atom stereocenters. The summed E-state index contributed by atoms with van der Waals surface area (Å²) in [6, 6.07) is 7.20. The monoisotopic (exact) mass is 246 g/mol. The van der Waals surface area contributed by atoms with Crippen LogP contribution in [0.4, 0.5) is 0 Å². The number of rotatable bonds is 3. The van der Waals surface area contributed by atoms with Gasteiger partial charge < -0.3 is 10.1 Å². The Kier molecular flexibility index (Phi) is 3.27. The Morgan fingerprint density at radius 2 is 2.11 bits per heavy atom. The van der Waals surface area contributed by atoms with Gasteiger partial charge >= 0.3 is 0 Å². The molecule has 3 nitrogen and oxygen atoms in total. The molecule has 0 aromatic heterocycles. The lowest BCUT2D eigenvalue weighted by molar-refractivity contribution is 0.0000975. The highest BCUT2D eigenvalue weighted by Crippen LogP contribution is 2.24. The van der Waals surface area contributed by atoms with Gasteiger partial charge in [-0.3, -0.25) is 4.90 Å². The van der Waals surface area contributed by atoms with E-state index in [1.54, 1.807) is 0 Å². The minimum atomic E-state index is 0.377. The Balaban J connectivity index is 1.61. The molecule has 1 fully saturated rings. The molecule has 1 N–H and O–H groups in total. The number of likely N-dealkylation sites (tertiary alicyclic amines) is 1. The van der Waals surface area contributed by atoms with Crippen LogP contribution in [0.3, 0.4) is 0 Å². The standard InChI is InChI=1S/C15H22N2O/c1-11(2)17-9-15(10-17)18-14-4-3-12-5-6-16-8-13(12)7-14/h3-4,7,11,15-16H,5-6,8-10H2,1-2H3. The molecule has 0 bridgehead atoms. The van der Waals surface area contributed by atoms with Gasteiger partial charge in [0.25, 0.3) is 0 Å². The number of benzene rings is 1. The van der Waals surface area contributed by atoms with Crippen LogP contribution >= 0.6 is 0 Å². The first-order valence-corrected chi connectivity index (χ1v) is 6.95. The first kappa shape index (κ1) is 12.0. The molecule has 1 aromatic carbocycles. The lowest BCUT2D eigenvalue weighted by Crippen LogP contribution is -2.56. The van der Waals surface area contributed by atoms with Crippen LogP contribution in [0, 0.1) is 0 Å². The molecular formula is C15H22N2O. The second-order valence-corrected chi connectivity index (χ2v) is 5.64. The summed E-state index contributed by atoms with van der Waals surface area (Å²) in [6.07, 6.45) is 1.52. The number of nitrogens with one attached hydrogen (secondary N) is 1. The third kappa shape index (κ3) is 2.38. The number of nitrogens with zero attached hydrogens (tertiary/aromatic N) is 1. The summed E-state index contributed by atoms with van der Waals surface area (Å²) in [5.74, 6) is 1.03. The van der Waals surface area contributed by atoms with Gasteiger partial charge in [0.2, 0.25) is 0 Å². The fourth-order valence-electron chi connectivity index (χ4n) is 2.69. The van der Waals surface area contributed by atoms with Gasteiger partial charge in [0.1, 0.15) is 11.9 Å². The minimum Gasteiger partial charge on any atom is -0.488 e. The van der Waals surface area contributed by atoms with Crippen LogP contribution in [0.5, 0.6) is 5.75 Å². The summed E-state index contributed by atoms with van der Waals surface area (Å²) in [7, 11) is 0. The molecule has 0 spiro atoms. The van der Waals surface area contributed by atoms with Gasteiger partial charge in [-0.15, -0.1) is 0 Å². The zero-order chi connectivity index (χ0) is 12.5. The van der Waals surface area contributed by atoms with Crippen molar-refractivity contribution in [2.45, 2.75) is 39.0 Å². The Hall–Kier alpha value is -1.06. The number of ether oxygens (including phenoxy) is 1. The van der Waals surface area contributed by atoms with E-state index in [9.17, 15) is 0 Å². The zero-order valence-electron chi connectivity index (χ0n) is 11.3. The molecule has 0 aliphatic carbocycles. The van der Waals surface area contributed by atoms with Crippen molar-refractivity contribution in [1.82, 2.24) is 10.2 Å². The Bertz CT molecular complexity index is 425. The number of hydrogen-bond acceptors (Lipinski definition) is 3. The SMILES string of the molecule is CC(C)N1CC(Oc2ccc3c(c2)CNCC3)C1. The molecule has 0 unspecified atom stereocenters. The van der Waals surface area contributed by atoms with E-state index in [-0.39, 0.29) is 0 Å². The average molecular weight is 246 g/mol. The highest BCUT2D eigenvalue weighted by Gasteiger charge is 2.30. The van der Waals surface area contributed by atoms with Gasteiger partial charge in [-0.1, -0.05) is 6.07 Å². The largest absolute Gasteiger partial charge is 0.488 e. The summed E-state index contributed by atoms with van der Waals surface area (Å²) >= 11 is 0. The van der Waals surface area contributed by atoms with Crippen molar-refractivity contribution in [2.75, 3.05) is 19.6 Å². The van der Waals surface area contributed by atoms with Crippen LogP contribution < -0.4 is 10.1 Å². The second-order valence-electron chi connectivity index (χ2n) is 5.64. The van der Waals surface area contributed by atoms with E-state index in [0.717, 1.165) is 38.3 Å². The van der Waals surface area contributed by atoms with E-state index in [2.05, 4.69) is 42.3 Å². The molecule has 0 saturated carbocycles. The summed E-state index contributed by atoms with van der Waals surface area (Å²) in [6.45, 7) is 8.68. The summed E-state index contributed by atoms with van der Waals surface area (Å²) in [5.41, 5.74) is 2.87. The van der Waals surface area contributed by atoms with Crippen molar-refractivity contribution in [1.29, 1.82) is 0 Å². The second kappa shape index (κ2) is 4.90. The van der Waals surface area contributed by atoms with Crippen molar-refractivity contribution in [3.05, 3.63) is 29.3 Å². The maximum atomic E-state index is 6.03. The fourth-order valence-corrected chi connectivity index (χ4v) is 2.69. The van der Waals surface area contributed by atoms with Crippen molar-refractivity contribution < 1.29 is 4.74 Å². The van der Waals surface area contributed by atoms with Crippen LogP contribution in [0.15, 0.2) is 18.2 Å². The Labute approximate surface area is 109 Å². The van der Waals surface area contributed by atoms with Crippen LogP contribution in [0.2, 0.25) is 0 Å². The van der Waals surface area contributed by atoms with Gasteiger partial charge in [-0.05, 0) is 50.1 Å². The summed E-state index contributed by atoms with van der Waals surface area (Å²) in [4.78, 5) is 2.44. The lowest BCUT2D eigenvalue weighted by atomic mass is 10.0. The topological polar surface area (TPSA) is 24.5 Å². The molecule has 0 radical (unpaired) electrons. The van der Waals surface area contributed by atoms with E-state index in [1.807, 2.05) is 0 Å². The van der Waals surface area contributed by atoms with Crippen molar-refractivity contribution in [3.8, 4) is 5.75 Å². The van der Waals surface area contributed by atoms with Gasteiger partial charge in [0.05, 0.1) is 0 Å². The first-order valence-electron chi connectivity index (χ1n) is 6.95. The number of fused-ring (bicyclic) bond motifs is 1. The number of hydrogen-bond donors (Lipinski definition) is 1. The molecule has 98 valence electrons. The molecule has 3 rings (SSSR count). The van der Waals surface area contributed by atoms with E-state index in [1.165, 1.54) is 11.1 Å². The van der Waals surface area contributed by atoms with Crippen LogP contribution in [0.25, 0.3) is 0 Å². The van der Waals surface area contributed by atoms with E-state index >= 15 is 0 Å². The van der Waals surface area contributed by atoms with Crippen molar-refractivity contribution in [3.63, 3.8) is 0 Å². The van der Waals surface area contributed by atoms with E-state index in [0.29, 0.717) is 12.1 Å². The highest BCUT2D eigenvalue weighted by atomic mass is 16.5. The Morgan fingerprint density at radius 3 is 2.89 bits per heavy atom. The van der Waals surface area contributed by atoms with Crippen LogP contribution in [-0.4, -0.2) is 36.7 Å². The third-order valence-corrected chi connectivity index (χ3v) is 3.97. The molecule has 3 heteroatoms. The summed E-state index contributed by atoms with van der Waals surface area (Å²) in [5, 5.41) is 3.41. The molecule has 2 heterocycles. The van der Waals surface area contributed by atoms with Gasteiger partial charge in [0, 0.05) is 25.7 Å². The Morgan fingerprint density at radius 1 is 1.28 bits per heavy atom. The van der Waals surface area contributed by atoms with Crippen molar-refractivity contribution >= 4 is 0 Å². The van der Waals surface area contributed by atoms with Gasteiger partial charge in [-0.25, -0.2) is 0 Å². The molecular weight excluding hydrogens is 224 g/mol. The molecule has 1 aromatic rings. The predicted octanol–water partition coefficient (Wildman–Crippen LogP) is 1.80. The maximum Gasteiger partial charge on any atom is 0.124 e. The van der Waals surface area contributed by atoms with E-state index in [4.69, 9.17) is 4.74 Å². The maximum absolute atomic E-state index is 6.03. The quantitative estimate of drug-likeness (QED) is 0.880. The summed E-state index contributed by atoms with van der Waals surface area (Å²) < 4.78 is 6.03. The smallest absolute Gasteiger partial charge is 0.124 e. The molecule has 18 heavy (non-hydrogen) atoms. The lowest BCUT2D eigenvalue weighted by Gasteiger charge is -2.41. The third-order valence-electron chi connectivity index (χ3n) is 3.97. The minimum absolute atomic E-state index is 0.377. The molecule has 2 aliphatic rings. The normalized spacial score (nSPS) is 20.6. The molecule has 1 saturated heterocycles. The van der Waals surface area contributed by atoms with Crippen LogP contribution in [-0.2, 0) is 13.0 Å². The van der Waals surface area contributed by atoms with Crippen LogP contribution in [0.1, 0.15) is 25.0 Å². The van der Waals surface area contributed by atoms with E-state index < -0.39 is 0 Å². The average Bonchev–Trinajstić information content (AvgIpc) is 2.32. The fraction of sp³-hybridized carbons (Fsp3) is 0.600. The molecule has 2 aliphatic heterocycles. The predicted molar refractivity (Wildman–Crippen MR) is 73.0 cm³/mol. The first-order chi connectivity index (χ1) is 8.72. The van der Waals surface area contributed by atoms with Gasteiger partial charge in [-0.2, -0.15) is 0 Å². The highest BCUT2D eigenvalue weighted by molar-refractivity contribution is 5.37. The van der Waals surface area contributed by atoms with Crippen molar-refractivity contribution in [2.24, 2.45) is 0 Å².